The monoisotopic (exact) mass is 426 g/mol. The molecule has 0 aromatic rings. The molecule has 24 heavy (non-hydrogen) atoms. The third kappa shape index (κ3) is 5.41. The summed E-state index contributed by atoms with van der Waals surface area (Å²) < 4.78 is 53.9. The first kappa shape index (κ1) is 20.1. The highest BCUT2D eigenvalue weighted by Gasteiger charge is 2.56. The lowest BCUT2D eigenvalue weighted by Gasteiger charge is -2.45. The second kappa shape index (κ2) is 7.60. The van der Waals surface area contributed by atoms with Gasteiger partial charge in [-0.2, -0.15) is 0 Å². The van der Waals surface area contributed by atoms with E-state index in [1.54, 1.807) is 0 Å². The first-order valence-electron chi connectivity index (χ1n) is 6.59. The van der Waals surface area contributed by atoms with Gasteiger partial charge in [0.15, 0.2) is 0 Å². The largest absolute Gasteiger partial charge is 0.463 e. The summed E-state index contributed by atoms with van der Waals surface area (Å²) in [7, 11) is 0. The maximum absolute atomic E-state index is 12.0. The van der Waals surface area contributed by atoms with Crippen molar-refractivity contribution in [2.45, 2.75) is 38.3 Å². The molecule has 6 unspecified atom stereocenters. The SMILES string of the molecule is CC(=O)OCC1OP(=O)(Cl)OC2C(COC(C)=O)OP(=O)(Cl)OC12. The molecule has 2 heterocycles. The van der Waals surface area contributed by atoms with Gasteiger partial charge in [-0.3, -0.25) is 27.7 Å². The van der Waals surface area contributed by atoms with E-state index in [1.165, 1.54) is 0 Å². The second-order valence-electron chi connectivity index (χ2n) is 4.89. The Hall–Kier alpha value is -0.180. The van der Waals surface area contributed by atoms with Crippen molar-refractivity contribution < 1.29 is 46.3 Å². The number of rotatable bonds is 4. The van der Waals surface area contributed by atoms with Gasteiger partial charge in [-0.1, -0.05) is 0 Å². The van der Waals surface area contributed by atoms with Gasteiger partial charge in [0.05, 0.1) is 0 Å². The zero-order valence-corrected chi connectivity index (χ0v) is 15.8. The van der Waals surface area contributed by atoms with Crippen LogP contribution in [0, 0.1) is 0 Å². The quantitative estimate of drug-likeness (QED) is 0.488. The summed E-state index contributed by atoms with van der Waals surface area (Å²) in [6.45, 7) is -6.63. The van der Waals surface area contributed by atoms with Gasteiger partial charge in [-0.15, -0.1) is 0 Å². The summed E-state index contributed by atoms with van der Waals surface area (Å²) in [6, 6.07) is 0. The lowest BCUT2D eigenvalue weighted by molar-refractivity contribution is -0.170. The Morgan fingerprint density at radius 2 is 1.17 bits per heavy atom. The number of carbonyl (C=O) groups is 2. The van der Waals surface area contributed by atoms with Crippen LogP contribution in [0.3, 0.4) is 0 Å². The first-order valence-corrected chi connectivity index (χ1v) is 11.5. The van der Waals surface area contributed by atoms with E-state index < -0.39 is 63.5 Å². The van der Waals surface area contributed by atoms with Gasteiger partial charge < -0.3 is 9.47 Å². The highest BCUT2D eigenvalue weighted by molar-refractivity contribution is 7.82. The second-order valence-corrected chi connectivity index (χ2v) is 9.94. The first-order chi connectivity index (χ1) is 11.0. The van der Waals surface area contributed by atoms with Gasteiger partial charge in [-0.05, 0) is 0 Å². The molecule has 0 aromatic heterocycles. The van der Waals surface area contributed by atoms with Gasteiger partial charge in [-0.25, -0.2) is 9.13 Å². The summed E-state index contributed by atoms with van der Waals surface area (Å²) in [5.74, 6) is -1.27. The highest BCUT2D eigenvalue weighted by atomic mass is 35.7. The van der Waals surface area contributed by atoms with E-state index in [2.05, 4.69) is 0 Å². The molecule has 2 aliphatic rings. The molecular formula is C10H14Cl2O10P2. The van der Waals surface area contributed by atoms with Crippen molar-refractivity contribution in [1.29, 1.82) is 0 Å². The molecule has 6 atom stereocenters. The Bertz CT molecular complexity index is 560. The predicted octanol–water partition coefficient (Wildman–Crippen LogP) is 2.37. The third-order valence-electron chi connectivity index (χ3n) is 2.98. The summed E-state index contributed by atoms with van der Waals surface area (Å²) in [4.78, 5) is 21.9. The van der Waals surface area contributed by atoms with Crippen LogP contribution < -0.4 is 0 Å². The van der Waals surface area contributed by atoms with E-state index >= 15 is 0 Å². The fourth-order valence-electron chi connectivity index (χ4n) is 2.11. The minimum Gasteiger partial charge on any atom is -0.463 e. The number of hydrogen-bond acceptors (Lipinski definition) is 10. The van der Waals surface area contributed by atoms with Crippen molar-refractivity contribution in [1.82, 2.24) is 0 Å². The Morgan fingerprint density at radius 3 is 1.46 bits per heavy atom. The fourth-order valence-corrected chi connectivity index (χ4v) is 5.48. The molecule has 2 aliphatic heterocycles. The maximum atomic E-state index is 12.0. The average molecular weight is 427 g/mol. The molecule has 0 aromatic carbocycles. The van der Waals surface area contributed by atoms with Crippen molar-refractivity contribution in [3.8, 4) is 0 Å². The van der Waals surface area contributed by atoms with Gasteiger partial charge in [0.2, 0.25) is 0 Å². The lowest BCUT2D eigenvalue weighted by Crippen LogP contribution is -2.56. The van der Waals surface area contributed by atoms with E-state index in [-0.39, 0.29) is 0 Å². The van der Waals surface area contributed by atoms with E-state index in [9.17, 15) is 18.7 Å². The number of hydrogen-bond donors (Lipinski definition) is 0. The molecule has 0 aliphatic carbocycles. The van der Waals surface area contributed by atoms with Gasteiger partial charge in [0.1, 0.15) is 37.6 Å². The van der Waals surface area contributed by atoms with Crippen LogP contribution in [-0.2, 0) is 46.3 Å². The van der Waals surface area contributed by atoms with E-state index in [0.717, 1.165) is 13.8 Å². The minimum atomic E-state index is -4.07. The van der Waals surface area contributed by atoms with Crippen molar-refractivity contribution in [3.05, 3.63) is 0 Å². The standard InChI is InChI=1S/C10H14Cl2O10P2/c1-5(13)17-3-7-9-10(22-23(11,15)19-7)8(4-18-6(2)14)20-24(12,16)21-9/h7-10H,3-4H2,1-2H3. The van der Waals surface area contributed by atoms with Crippen molar-refractivity contribution >= 4 is 48.3 Å². The number of fused-ring (bicyclic) bond motifs is 1. The smallest absolute Gasteiger partial charge is 0.425 e. The molecule has 0 amide bonds. The van der Waals surface area contributed by atoms with Crippen LogP contribution >= 0.6 is 36.4 Å². The van der Waals surface area contributed by atoms with Crippen LogP contribution in [0.2, 0.25) is 0 Å². The van der Waals surface area contributed by atoms with Crippen LogP contribution in [-0.4, -0.2) is 49.6 Å². The number of carbonyl (C=O) groups excluding carboxylic acids is 2. The number of halogens is 2. The fraction of sp³-hybridized carbons (Fsp3) is 0.800. The molecule has 0 N–H and O–H groups in total. The number of esters is 2. The van der Waals surface area contributed by atoms with Crippen molar-refractivity contribution in [2.75, 3.05) is 13.2 Å². The molecule has 138 valence electrons. The highest BCUT2D eigenvalue weighted by Crippen LogP contribution is 2.66. The van der Waals surface area contributed by atoms with Crippen LogP contribution in [0.15, 0.2) is 0 Å². The van der Waals surface area contributed by atoms with Crippen molar-refractivity contribution in [3.63, 3.8) is 0 Å². The zero-order chi connectivity index (χ0) is 18.1. The molecule has 0 saturated carbocycles. The number of ether oxygens (including phenoxy) is 2. The van der Waals surface area contributed by atoms with E-state index in [0.29, 0.717) is 0 Å². The molecule has 0 bridgehead atoms. The summed E-state index contributed by atoms with van der Waals surface area (Å²) in [5, 5.41) is 0. The Balaban J connectivity index is 2.24. The third-order valence-corrected chi connectivity index (χ3v) is 5.97. The van der Waals surface area contributed by atoms with E-state index in [4.69, 9.17) is 50.1 Å². The maximum Gasteiger partial charge on any atom is 0.425 e. The van der Waals surface area contributed by atoms with Gasteiger partial charge in [0, 0.05) is 36.3 Å². The molecule has 14 heteroatoms. The Kier molecular flexibility index (Phi) is 6.37. The topological polar surface area (TPSA) is 124 Å². The lowest BCUT2D eigenvalue weighted by atomic mass is 10.0. The molecule has 0 spiro atoms. The molecule has 2 fully saturated rings. The minimum absolute atomic E-state index is 0.395. The van der Waals surface area contributed by atoms with Crippen LogP contribution in [0.4, 0.5) is 0 Å². The Labute approximate surface area is 146 Å². The molecule has 10 nitrogen and oxygen atoms in total. The zero-order valence-electron chi connectivity index (χ0n) is 12.5. The summed E-state index contributed by atoms with van der Waals surface area (Å²) in [6.07, 6.45) is -4.70. The molecule has 2 saturated heterocycles. The Morgan fingerprint density at radius 1 is 0.833 bits per heavy atom. The van der Waals surface area contributed by atoms with Gasteiger partial charge in [0.25, 0.3) is 0 Å². The van der Waals surface area contributed by atoms with Crippen molar-refractivity contribution in [2.24, 2.45) is 0 Å². The summed E-state index contributed by atoms with van der Waals surface area (Å²) in [5.41, 5.74) is 0. The van der Waals surface area contributed by atoms with Gasteiger partial charge >= 0.3 is 25.8 Å². The predicted molar refractivity (Wildman–Crippen MR) is 79.7 cm³/mol. The summed E-state index contributed by atoms with van der Waals surface area (Å²) >= 11 is 11.3. The normalized spacial score (nSPS) is 42.0. The van der Waals surface area contributed by atoms with E-state index in [1.807, 2.05) is 0 Å². The molecular weight excluding hydrogens is 413 g/mol. The van der Waals surface area contributed by atoms with Crippen LogP contribution in [0.5, 0.6) is 0 Å². The van der Waals surface area contributed by atoms with Crippen LogP contribution in [0.1, 0.15) is 13.8 Å². The molecule has 0 radical (unpaired) electrons. The van der Waals surface area contributed by atoms with Crippen LogP contribution in [0.25, 0.3) is 0 Å². The average Bonchev–Trinajstić information content (AvgIpc) is 2.41. The molecule has 2 rings (SSSR count).